The van der Waals surface area contributed by atoms with Crippen LogP contribution in [0.1, 0.15) is 32.6 Å². The lowest BCUT2D eigenvalue weighted by atomic mass is 10.1. The van der Waals surface area contributed by atoms with Crippen molar-refractivity contribution < 1.29 is 9.53 Å². The van der Waals surface area contributed by atoms with E-state index in [1.165, 1.54) is 4.88 Å². The molecule has 0 spiro atoms. The number of thiophene rings is 1. The van der Waals surface area contributed by atoms with Crippen molar-refractivity contribution in [1.82, 2.24) is 10.2 Å². The number of hydrogen-bond acceptors (Lipinski definition) is 5. The Hall–Kier alpha value is -1.11. The Kier molecular flexibility index (Phi) is 6.64. The predicted molar refractivity (Wildman–Crippen MR) is 87.5 cm³/mol. The summed E-state index contributed by atoms with van der Waals surface area (Å²) in [6, 6.07) is 4.10. The van der Waals surface area contributed by atoms with Gasteiger partial charge in [0.1, 0.15) is 5.60 Å². The van der Waals surface area contributed by atoms with Crippen LogP contribution in [-0.4, -0.2) is 42.3 Å². The second-order valence-corrected chi connectivity index (χ2v) is 7.26. The minimum atomic E-state index is -0.495. The lowest BCUT2D eigenvalue weighted by molar-refractivity contribution is 0.0476. The molecule has 0 aliphatic carbocycles. The van der Waals surface area contributed by atoms with Gasteiger partial charge in [-0.15, -0.1) is 11.3 Å². The average Bonchev–Trinajstić information content (AvgIpc) is 2.79. The minimum Gasteiger partial charge on any atom is -0.444 e. The molecule has 0 saturated heterocycles. The molecule has 0 aliphatic rings. The first-order valence-electron chi connectivity index (χ1n) is 7.15. The molecule has 0 radical (unpaired) electrons. The lowest BCUT2D eigenvalue weighted by Gasteiger charge is -2.32. The first-order chi connectivity index (χ1) is 9.73. The van der Waals surface area contributed by atoms with E-state index in [1.807, 2.05) is 40.8 Å². The summed E-state index contributed by atoms with van der Waals surface area (Å²) in [7, 11) is 2.02. The Balaban J connectivity index is 2.55. The normalized spacial score (nSPS) is 14.8. The zero-order valence-corrected chi connectivity index (χ0v) is 14.4. The number of hydrogen-bond donors (Lipinski definition) is 2. The molecule has 1 rings (SSSR count). The Labute approximate surface area is 131 Å². The van der Waals surface area contributed by atoms with Gasteiger partial charge in [-0.1, -0.05) is 6.07 Å². The van der Waals surface area contributed by atoms with E-state index in [0.29, 0.717) is 6.54 Å². The molecule has 21 heavy (non-hydrogen) atoms. The number of carbonyl (C=O) groups excluding carboxylic acids is 1. The highest BCUT2D eigenvalue weighted by Gasteiger charge is 2.24. The van der Waals surface area contributed by atoms with Gasteiger partial charge < -0.3 is 15.8 Å². The van der Waals surface area contributed by atoms with Crippen LogP contribution in [0.25, 0.3) is 0 Å². The third-order valence-corrected chi connectivity index (χ3v) is 3.98. The van der Waals surface area contributed by atoms with Crippen LogP contribution in [0.4, 0.5) is 4.79 Å². The van der Waals surface area contributed by atoms with Gasteiger partial charge in [0.15, 0.2) is 0 Å². The Bertz CT molecular complexity index is 429. The minimum absolute atomic E-state index is 0.0552. The number of rotatable bonds is 6. The molecule has 1 aromatic heterocycles. The van der Waals surface area contributed by atoms with Gasteiger partial charge in [-0.3, -0.25) is 4.90 Å². The van der Waals surface area contributed by atoms with Crippen LogP contribution in [0.3, 0.4) is 0 Å². The molecule has 0 saturated carbocycles. The van der Waals surface area contributed by atoms with Crippen molar-refractivity contribution in [3.05, 3.63) is 22.4 Å². The van der Waals surface area contributed by atoms with E-state index < -0.39 is 11.7 Å². The molecule has 3 N–H and O–H groups in total. The van der Waals surface area contributed by atoms with Crippen LogP contribution in [0, 0.1) is 0 Å². The number of nitrogens with zero attached hydrogens (tertiary/aromatic N) is 1. The third-order valence-electron chi connectivity index (χ3n) is 3.11. The molecule has 2 unspecified atom stereocenters. The summed E-state index contributed by atoms with van der Waals surface area (Å²) >= 11 is 1.72. The molecule has 1 aromatic rings. The Morgan fingerprint density at radius 3 is 2.67 bits per heavy atom. The summed E-state index contributed by atoms with van der Waals surface area (Å²) in [5, 5.41) is 4.93. The molecule has 120 valence electrons. The van der Waals surface area contributed by atoms with Crippen molar-refractivity contribution in [3.63, 3.8) is 0 Å². The molecule has 0 aromatic carbocycles. The first-order valence-corrected chi connectivity index (χ1v) is 8.03. The van der Waals surface area contributed by atoms with E-state index in [9.17, 15) is 4.79 Å². The van der Waals surface area contributed by atoms with Gasteiger partial charge in [0.2, 0.25) is 0 Å². The number of alkyl carbamates (subject to hydrolysis) is 1. The monoisotopic (exact) mass is 313 g/mol. The van der Waals surface area contributed by atoms with Crippen molar-refractivity contribution in [2.24, 2.45) is 5.73 Å². The summed E-state index contributed by atoms with van der Waals surface area (Å²) < 4.78 is 5.28. The largest absolute Gasteiger partial charge is 0.444 e. The molecule has 0 bridgehead atoms. The van der Waals surface area contributed by atoms with E-state index in [4.69, 9.17) is 10.5 Å². The second-order valence-electron chi connectivity index (χ2n) is 6.23. The van der Waals surface area contributed by atoms with Crippen molar-refractivity contribution in [3.8, 4) is 0 Å². The highest BCUT2D eigenvalue weighted by Crippen LogP contribution is 2.14. The Morgan fingerprint density at radius 2 is 2.19 bits per heavy atom. The molecular weight excluding hydrogens is 286 g/mol. The van der Waals surface area contributed by atoms with Gasteiger partial charge in [0.25, 0.3) is 0 Å². The van der Waals surface area contributed by atoms with E-state index in [0.717, 1.165) is 6.54 Å². The van der Waals surface area contributed by atoms with Crippen LogP contribution < -0.4 is 11.1 Å². The van der Waals surface area contributed by atoms with Crippen molar-refractivity contribution >= 4 is 17.4 Å². The van der Waals surface area contributed by atoms with Gasteiger partial charge in [0.05, 0.1) is 0 Å². The van der Waals surface area contributed by atoms with Gasteiger partial charge in [-0.05, 0) is 46.2 Å². The van der Waals surface area contributed by atoms with E-state index >= 15 is 0 Å². The smallest absolute Gasteiger partial charge is 0.407 e. The molecule has 0 fully saturated rings. The number of ether oxygens (including phenoxy) is 1. The standard InChI is InChI=1S/C15H27N3O2S/c1-11(17-14(19)20-15(2,3)4)13(9-16)18(5)10-12-7-6-8-21-12/h6-8,11,13H,9-10,16H2,1-5H3,(H,17,19). The van der Waals surface area contributed by atoms with E-state index in [2.05, 4.69) is 21.7 Å². The van der Waals surface area contributed by atoms with Gasteiger partial charge >= 0.3 is 6.09 Å². The third kappa shape index (κ3) is 6.46. The zero-order chi connectivity index (χ0) is 16.0. The molecule has 1 amide bonds. The zero-order valence-electron chi connectivity index (χ0n) is 13.6. The van der Waals surface area contributed by atoms with Crippen molar-refractivity contribution in [2.45, 2.75) is 51.9 Å². The molecule has 1 heterocycles. The van der Waals surface area contributed by atoms with Crippen molar-refractivity contribution in [1.29, 1.82) is 0 Å². The fourth-order valence-corrected chi connectivity index (χ4v) is 2.89. The summed E-state index contributed by atoms with van der Waals surface area (Å²) in [4.78, 5) is 15.3. The fourth-order valence-electron chi connectivity index (χ4n) is 2.12. The Morgan fingerprint density at radius 1 is 1.52 bits per heavy atom. The molecular formula is C15H27N3O2S. The maximum absolute atomic E-state index is 11.8. The summed E-state index contributed by atoms with van der Waals surface area (Å²) in [5.74, 6) is 0. The highest BCUT2D eigenvalue weighted by atomic mass is 32.1. The average molecular weight is 313 g/mol. The second kappa shape index (κ2) is 7.77. The van der Waals surface area contributed by atoms with E-state index in [1.54, 1.807) is 11.3 Å². The van der Waals surface area contributed by atoms with Crippen LogP contribution in [-0.2, 0) is 11.3 Å². The topological polar surface area (TPSA) is 67.6 Å². The lowest BCUT2D eigenvalue weighted by Crippen LogP contribution is -2.53. The number of nitrogens with two attached hydrogens (primary N) is 1. The van der Waals surface area contributed by atoms with Crippen LogP contribution in [0.5, 0.6) is 0 Å². The van der Waals surface area contributed by atoms with E-state index in [-0.39, 0.29) is 12.1 Å². The van der Waals surface area contributed by atoms with Crippen LogP contribution >= 0.6 is 11.3 Å². The fraction of sp³-hybridized carbons (Fsp3) is 0.667. The highest BCUT2D eigenvalue weighted by molar-refractivity contribution is 7.09. The number of nitrogens with one attached hydrogen (secondary N) is 1. The number of likely N-dealkylation sites (N-methyl/N-ethyl adjacent to an activating group) is 1. The molecule has 6 heteroatoms. The maximum atomic E-state index is 11.8. The SMILES string of the molecule is CC(NC(=O)OC(C)(C)C)C(CN)N(C)Cc1cccs1. The molecule has 5 nitrogen and oxygen atoms in total. The van der Waals surface area contributed by atoms with Crippen LogP contribution in [0.2, 0.25) is 0 Å². The maximum Gasteiger partial charge on any atom is 0.407 e. The van der Waals surface area contributed by atoms with Crippen LogP contribution in [0.15, 0.2) is 17.5 Å². The quantitative estimate of drug-likeness (QED) is 0.846. The molecule has 2 atom stereocenters. The predicted octanol–water partition coefficient (Wildman–Crippen LogP) is 2.42. The number of amides is 1. The summed E-state index contributed by atoms with van der Waals surface area (Å²) in [6.07, 6.45) is -0.405. The first kappa shape index (κ1) is 17.9. The molecule has 0 aliphatic heterocycles. The number of carbonyl (C=O) groups is 1. The van der Waals surface area contributed by atoms with Crippen molar-refractivity contribution in [2.75, 3.05) is 13.6 Å². The summed E-state index contributed by atoms with van der Waals surface area (Å²) in [6.45, 7) is 8.78. The summed E-state index contributed by atoms with van der Waals surface area (Å²) in [5.41, 5.74) is 5.38. The van der Waals surface area contributed by atoms with Gasteiger partial charge in [-0.25, -0.2) is 4.79 Å². The van der Waals surface area contributed by atoms with Gasteiger partial charge in [0, 0.05) is 30.1 Å². The van der Waals surface area contributed by atoms with Gasteiger partial charge in [-0.2, -0.15) is 0 Å².